The summed E-state index contributed by atoms with van der Waals surface area (Å²) in [7, 11) is -3.83. The van der Waals surface area contributed by atoms with Crippen LogP contribution < -0.4 is 9.62 Å². The lowest BCUT2D eigenvalue weighted by Crippen LogP contribution is -2.53. The number of anilines is 1. The van der Waals surface area contributed by atoms with Gasteiger partial charge < -0.3 is 10.2 Å². The van der Waals surface area contributed by atoms with Crippen molar-refractivity contribution < 1.29 is 18.0 Å². The Labute approximate surface area is 227 Å². The Morgan fingerprint density at radius 1 is 1.00 bits per heavy atom. The van der Waals surface area contributed by atoms with Gasteiger partial charge in [0.1, 0.15) is 12.6 Å². The van der Waals surface area contributed by atoms with Gasteiger partial charge in [0.25, 0.3) is 0 Å². The first kappa shape index (κ1) is 28.6. The van der Waals surface area contributed by atoms with E-state index in [9.17, 15) is 18.0 Å². The van der Waals surface area contributed by atoms with Crippen LogP contribution in [0.5, 0.6) is 0 Å². The summed E-state index contributed by atoms with van der Waals surface area (Å²) in [6.45, 7) is 1.05. The van der Waals surface area contributed by atoms with Gasteiger partial charge in [-0.3, -0.25) is 13.9 Å². The van der Waals surface area contributed by atoms with Crippen LogP contribution in [0.2, 0.25) is 15.1 Å². The molecule has 0 heterocycles. The summed E-state index contributed by atoms with van der Waals surface area (Å²) < 4.78 is 26.2. The largest absolute Gasteiger partial charge is 0.352 e. The van der Waals surface area contributed by atoms with E-state index in [1.165, 1.54) is 17.0 Å². The van der Waals surface area contributed by atoms with Crippen LogP contribution in [-0.2, 0) is 26.2 Å². The molecule has 1 aliphatic carbocycles. The minimum atomic E-state index is -3.83. The Balaban J connectivity index is 1.91. The number of halogens is 3. The van der Waals surface area contributed by atoms with Crippen LogP contribution in [0.4, 0.5) is 5.69 Å². The number of carbonyl (C=O) groups is 2. The highest BCUT2D eigenvalue weighted by atomic mass is 35.5. The predicted octanol–water partition coefficient (Wildman–Crippen LogP) is 5.28. The van der Waals surface area contributed by atoms with E-state index in [4.69, 9.17) is 34.8 Å². The van der Waals surface area contributed by atoms with Crippen LogP contribution in [-0.4, -0.2) is 50.0 Å². The number of nitrogens with zero attached hydrogens (tertiary/aromatic N) is 2. The number of hydrogen-bond acceptors (Lipinski definition) is 4. The fourth-order valence-electron chi connectivity index (χ4n) is 4.23. The molecule has 196 valence electrons. The summed E-state index contributed by atoms with van der Waals surface area (Å²) in [5, 5.41) is 4.17. The molecule has 2 aromatic carbocycles. The van der Waals surface area contributed by atoms with E-state index in [0.717, 1.165) is 42.7 Å². The second-order valence-corrected chi connectivity index (χ2v) is 12.1. The zero-order chi connectivity index (χ0) is 26.5. The zero-order valence-corrected chi connectivity index (χ0v) is 23.3. The topological polar surface area (TPSA) is 86.8 Å². The molecular formula is C25H30Cl3N3O4S. The lowest BCUT2D eigenvalue weighted by atomic mass is 9.95. The number of benzene rings is 2. The number of carbonyl (C=O) groups excluding carboxylic acids is 2. The van der Waals surface area contributed by atoms with Gasteiger partial charge in [-0.2, -0.15) is 0 Å². The second-order valence-electron chi connectivity index (χ2n) is 8.99. The summed E-state index contributed by atoms with van der Waals surface area (Å²) in [6, 6.07) is 10.3. The molecule has 1 atom stereocenters. The van der Waals surface area contributed by atoms with Crippen molar-refractivity contribution in [3.8, 4) is 0 Å². The SMILES string of the molecule is C[C@@H](C(=O)NC1CCCCC1)N(Cc1c(Cl)cccc1Cl)C(=O)CN(c1ccc(Cl)cc1)S(C)(=O)=O. The first-order valence-corrected chi connectivity index (χ1v) is 14.7. The lowest BCUT2D eigenvalue weighted by molar-refractivity contribution is -0.139. The highest BCUT2D eigenvalue weighted by Crippen LogP contribution is 2.28. The maximum Gasteiger partial charge on any atom is 0.244 e. The first-order chi connectivity index (χ1) is 17.0. The molecule has 1 fully saturated rings. The quantitative estimate of drug-likeness (QED) is 0.442. The van der Waals surface area contributed by atoms with Gasteiger partial charge in [0, 0.05) is 33.2 Å². The van der Waals surface area contributed by atoms with E-state index in [0.29, 0.717) is 20.6 Å². The van der Waals surface area contributed by atoms with E-state index in [2.05, 4.69) is 5.32 Å². The average Bonchev–Trinajstić information content (AvgIpc) is 2.82. The van der Waals surface area contributed by atoms with E-state index in [-0.39, 0.29) is 24.2 Å². The Kier molecular flexibility index (Phi) is 9.92. The summed E-state index contributed by atoms with van der Waals surface area (Å²) in [6.07, 6.45) is 6.03. The Hall–Kier alpha value is -2.00. The highest BCUT2D eigenvalue weighted by Gasteiger charge is 2.32. The van der Waals surface area contributed by atoms with Crippen LogP contribution in [0.3, 0.4) is 0 Å². The molecule has 1 saturated carbocycles. The number of amides is 2. The van der Waals surface area contributed by atoms with Crippen LogP contribution in [0, 0.1) is 0 Å². The summed E-state index contributed by atoms with van der Waals surface area (Å²) >= 11 is 18.7. The molecule has 2 aromatic rings. The van der Waals surface area contributed by atoms with E-state index in [1.54, 1.807) is 37.3 Å². The smallest absolute Gasteiger partial charge is 0.244 e. The summed E-state index contributed by atoms with van der Waals surface area (Å²) in [5.74, 6) is -0.881. The third kappa shape index (κ3) is 7.51. The Morgan fingerprint density at radius 2 is 1.58 bits per heavy atom. The van der Waals surface area contributed by atoms with Gasteiger partial charge in [0.15, 0.2) is 0 Å². The van der Waals surface area contributed by atoms with Gasteiger partial charge in [-0.1, -0.05) is 60.1 Å². The first-order valence-electron chi connectivity index (χ1n) is 11.7. The molecule has 0 saturated heterocycles. The van der Waals surface area contributed by atoms with Crippen molar-refractivity contribution in [2.24, 2.45) is 0 Å². The monoisotopic (exact) mass is 573 g/mol. The van der Waals surface area contributed by atoms with Crippen molar-refractivity contribution in [2.75, 3.05) is 17.1 Å². The highest BCUT2D eigenvalue weighted by molar-refractivity contribution is 7.92. The molecule has 0 aromatic heterocycles. The fourth-order valence-corrected chi connectivity index (χ4v) is 5.72. The van der Waals surface area contributed by atoms with Gasteiger partial charge in [0.05, 0.1) is 11.9 Å². The molecule has 0 aliphatic heterocycles. The van der Waals surface area contributed by atoms with Crippen molar-refractivity contribution in [3.05, 3.63) is 63.1 Å². The maximum absolute atomic E-state index is 13.6. The number of hydrogen-bond donors (Lipinski definition) is 1. The maximum atomic E-state index is 13.6. The minimum Gasteiger partial charge on any atom is -0.352 e. The fraction of sp³-hybridized carbons (Fsp3) is 0.440. The lowest BCUT2D eigenvalue weighted by Gasteiger charge is -2.33. The van der Waals surface area contributed by atoms with Gasteiger partial charge in [0.2, 0.25) is 21.8 Å². The zero-order valence-electron chi connectivity index (χ0n) is 20.2. The minimum absolute atomic E-state index is 0.0520. The van der Waals surface area contributed by atoms with Crippen LogP contribution >= 0.6 is 34.8 Å². The summed E-state index contributed by atoms with van der Waals surface area (Å²) in [5.41, 5.74) is 0.759. The van der Waals surface area contributed by atoms with Crippen molar-refractivity contribution in [1.29, 1.82) is 0 Å². The van der Waals surface area contributed by atoms with Gasteiger partial charge in [-0.05, 0) is 56.2 Å². The molecule has 0 radical (unpaired) electrons. The van der Waals surface area contributed by atoms with E-state index in [1.807, 2.05) is 0 Å². The van der Waals surface area contributed by atoms with Crippen molar-refractivity contribution in [2.45, 2.75) is 57.7 Å². The molecule has 2 amide bonds. The molecule has 0 unspecified atom stereocenters. The van der Waals surface area contributed by atoms with Gasteiger partial charge >= 0.3 is 0 Å². The molecule has 36 heavy (non-hydrogen) atoms. The predicted molar refractivity (Wildman–Crippen MR) is 145 cm³/mol. The molecule has 1 aliphatic rings. The average molecular weight is 575 g/mol. The molecule has 1 N–H and O–H groups in total. The van der Waals surface area contributed by atoms with Crippen molar-refractivity contribution >= 4 is 62.3 Å². The molecule has 3 rings (SSSR count). The molecule has 0 bridgehead atoms. The number of sulfonamides is 1. The van der Waals surface area contributed by atoms with Gasteiger partial charge in [-0.15, -0.1) is 0 Å². The van der Waals surface area contributed by atoms with E-state index >= 15 is 0 Å². The molecule has 0 spiro atoms. The van der Waals surface area contributed by atoms with Crippen LogP contribution in [0.15, 0.2) is 42.5 Å². The Morgan fingerprint density at radius 3 is 2.14 bits per heavy atom. The third-order valence-corrected chi connectivity index (χ3v) is 8.40. The normalized spacial score (nSPS) is 15.2. The second kappa shape index (κ2) is 12.5. The Bertz CT molecular complexity index is 1170. The van der Waals surface area contributed by atoms with Crippen LogP contribution in [0.1, 0.15) is 44.6 Å². The van der Waals surface area contributed by atoms with Crippen LogP contribution in [0.25, 0.3) is 0 Å². The molecule has 7 nitrogen and oxygen atoms in total. The number of rotatable bonds is 9. The molecular weight excluding hydrogens is 545 g/mol. The van der Waals surface area contributed by atoms with E-state index < -0.39 is 28.5 Å². The van der Waals surface area contributed by atoms with Crippen molar-refractivity contribution in [1.82, 2.24) is 10.2 Å². The number of nitrogens with one attached hydrogen (secondary N) is 1. The standard InChI is InChI=1S/C25H30Cl3N3O4S/c1-17(25(33)29-19-7-4-3-5-8-19)30(15-21-22(27)9-6-10-23(21)28)24(32)16-31(36(2,34)35)20-13-11-18(26)12-14-20/h6,9-14,17,19H,3-5,7-8,15-16H2,1-2H3,(H,29,33)/t17-/m0/s1. The third-order valence-electron chi connectivity index (χ3n) is 6.30. The summed E-state index contributed by atoms with van der Waals surface area (Å²) in [4.78, 5) is 28.1. The van der Waals surface area contributed by atoms with Gasteiger partial charge in [-0.25, -0.2) is 8.42 Å². The molecule has 11 heteroatoms. The van der Waals surface area contributed by atoms with Crippen molar-refractivity contribution in [3.63, 3.8) is 0 Å².